The van der Waals surface area contributed by atoms with E-state index in [1.54, 1.807) is 29.9 Å². The van der Waals surface area contributed by atoms with Crippen LogP contribution in [0.5, 0.6) is 11.5 Å². The molecule has 6 nitrogen and oxygen atoms in total. The van der Waals surface area contributed by atoms with E-state index in [1.807, 2.05) is 0 Å². The van der Waals surface area contributed by atoms with Gasteiger partial charge >= 0.3 is 0 Å². The fourth-order valence-electron chi connectivity index (χ4n) is 2.05. The smallest absolute Gasteiger partial charge is 0.251 e. The zero-order chi connectivity index (χ0) is 14.7. The van der Waals surface area contributed by atoms with E-state index in [0.29, 0.717) is 23.5 Å². The van der Waals surface area contributed by atoms with Gasteiger partial charge in [-0.25, -0.2) is 0 Å². The Morgan fingerprint density at radius 2 is 2.29 bits per heavy atom. The number of carbonyl (C=O) groups is 1. The first-order valence-corrected chi connectivity index (χ1v) is 7.33. The van der Waals surface area contributed by atoms with Crippen molar-refractivity contribution in [1.82, 2.24) is 10.3 Å². The number of hydrogen-bond donors (Lipinski definition) is 2. The molecule has 7 heteroatoms. The van der Waals surface area contributed by atoms with Crippen LogP contribution < -0.4 is 14.8 Å². The van der Waals surface area contributed by atoms with Crippen LogP contribution in [0.2, 0.25) is 0 Å². The second-order valence-electron chi connectivity index (χ2n) is 4.59. The summed E-state index contributed by atoms with van der Waals surface area (Å²) in [5.74, 6) is 0.942. The molecule has 1 aliphatic heterocycles. The summed E-state index contributed by atoms with van der Waals surface area (Å²) >= 11 is 1.50. The van der Waals surface area contributed by atoms with Crippen molar-refractivity contribution < 1.29 is 19.4 Å². The van der Waals surface area contributed by atoms with Gasteiger partial charge in [-0.3, -0.25) is 9.78 Å². The van der Waals surface area contributed by atoms with Gasteiger partial charge < -0.3 is 19.9 Å². The molecule has 2 aromatic rings. The molecule has 0 saturated carbocycles. The van der Waals surface area contributed by atoms with Gasteiger partial charge in [0, 0.05) is 23.1 Å². The van der Waals surface area contributed by atoms with Gasteiger partial charge in [0.2, 0.25) is 6.79 Å². The summed E-state index contributed by atoms with van der Waals surface area (Å²) in [5, 5.41) is 12.2. The van der Waals surface area contributed by atoms with Crippen molar-refractivity contribution in [3.63, 3.8) is 0 Å². The molecule has 2 N–H and O–H groups in total. The highest BCUT2D eigenvalue weighted by molar-refractivity contribution is 7.09. The second-order valence-corrected chi connectivity index (χ2v) is 5.56. The maximum absolute atomic E-state index is 12.2. The number of nitrogens with zero attached hydrogens (tertiary/aromatic N) is 1. The number of aliphatic hydroxyl groups excluding tert-OH is 1. The standard InChI is InChI=1S/C14H14N2O4S/c17-6-10(4-11-5-15-7-21-11)16-14(18)9-1-2-12-13(3-9)20-8-19-12/h1-3,5,7,10,17H,4,6,8H2,(H,16,18). The van der Waals surface area contributed by atoms with Gasteiger partial charge in [-0.05, 0) is 18.2 Å². The summed E-state index contributed by atoms with van der Waals surface area (Å²) < 4.78 is 10.5. The number of hydrogen-bond acceptors (Lipinski definition) is 6. The normalized spacial score (nSPS) is 14.0. The zero-order valence-electron chi connectivity index (χ0n) is 11.1. The highest BCUT2D eigenvalue weighted by Crippen LogP contribution is 2.32. The third-order valence-electron chi connectivity index (χ3n) is 3.12. The Morgan fingerprint density at radius 1 is 1.43 bits per heavy atom. The predicted octanol–water partition coefficient (Wildman–Crippen LogP) is 1.21. The Balaban J connectivity index is 1.67. The van der Waals surface area contributed by atoms with Crippen LogP contribution in [0, 0.1) is 0 Å². The third-order valence-corrected chi connectivity index (χ3v) is 3.92. The lowest BCUT2D eigenvalue weighted by Gasteiger charge is -2.15. The molecule has 0 aliphatic carbocycles. The molecule has 1 unspecified atom stereocenters. The number of thiazole rings is 1. The van der Waals surface area contributed by atoms with Crippen LogP contribution in [-0.4, -0.2) is 35.4 Å². The fourth-order valence-corrected chi connectivity index (χ4v) is 2.73. The molecular formula is C14H14N2O4S. The van der Waals surface area contributed by atoms with Crippen molar-refractivity contribution in [3.8, 4) is 11.5 Å². The fraction of sp³-hybridized carbons (Fsp3) is 0.286. The minimum absolute atomic E-state index is 0.131. The lowest BCUT2D eigenvalue weighted by Crippen LogP contribution is -2.38. The van der Waals surface area contributed by atoms with Crippen molar-refractivity contribution in [2.24, 2.45) is 0 Å². The Morgan fingerprint density at radius 3 is 3.05 bits per heavy atom. The van der Waals surface area contributed by atoms with Crippen LogP contribution in [0.25, 0.3) is 0 Å². The number of amides is 1. The Hall–Kier alpha value is -2.12. The van der Waals surface area contributed by atoms with E-state index in [1.165, 1.54) is 11.3 Å². The van der Waals surface area contributed by atoms with E-state index < -0.39 is 0 Å². The number of rotatable bonds is 5. The quantitative estimate of drug-likeness (QED) is 0.868. The first kappa shape index (κ1) is 13.8. The van der Waals surface area contributed by atoms with Crippen molar-refractivity contribution >= 4 is 17.2 Å². The van der Waals surface area contributed by atoms with Gasteiger partial charge in [0.1, 0.15) is 0 Å². The number of aromatic nitrogens is 1. The molecule has 0 fully saturated rings. The largest absolute Gasteiger partial charge is 0.454 e. The van der Waals surface area contributed by atoms with E-state index in [-0.39, 0.29) is 25.3 Å². The summed E-state index contributed by atoms with van der Waals surface area (Å²) in [6.07, 6.45) is 2.29. The maximum atomic E-state index is 12.2. The lowest BCUT2D eigenvalue weighted by atomic mass is 10.1. The van der Waals surface area contributed by atoms with Crippen molar-refractivity contribution in [1.29, 1.82) is 0 Å². The lowest BCUT2D eigenvalue weighted by molar-refractivity contribution is 0.0916. The second kappa shape index (κ2) is 6.11. The van der Waals surface area contributed by atoms with Crippen LogP contribution in [0.3, 0.4) is 0 Å². The van der Waals surface area contributed by atoms with E-state index in [2.05, 4.69) is 10.3 Å². The van der Waals surface area contributed by atoms with Crippen molar-refractivity contribution in [2.45, 2.75) is 12.5 Å². The molecule has 3 rings (SSSR count). The Labute approximate surface area is 125 Å². The van der Waals surface area contributed by atoms with Crippen LogP contribution in [0.15, 0.2) is 29.9 Å². The average Bonchev–Trinajstić information content (AvgIpc) is 3.16. The summed E-state index contributed by atoms with van der Waals surface area (Å²) in [5.41, 5.74) is 2.20. The number of ether oxygens (including phenoxy) is 2. The highest BCUT2D eigenvalue weighted by Gasteiger charge is 2.18. The third kappa shape index (κ3) is 3.14. The average molecular weight is 306 g/mol. The summed E-state index contributed by atoms with van der Waals surface area (Å²) in [7, 11) is 0. The summed E-state index contributed by atoms with van der Waals surface area (Å²) in [6.45, 7) is 0.0409. The molecular weight excluding hydrogens is 292 g/mol. The first-order valence-electron chi connectivity index (χ1n) is 6.45. The van der Waals surface area contributed by atoms with Crippen molar-refractivity contribution in [2.75, 3.05) is 13.4 Å². The summed E-state index contributed by atoms with van der Waals surface area (Å²) in [6, 6.07) is 4.67. The minimum atomic E-state index is -0.344. The van der Waals surface area contributed by atoms with Crippen LogP contribution in [0.4, 0.5) is 0 Å². The van der Waals surface area contributed by atoms with E-state index >= 15 is 0 Å². The molecule has 0 bridgehead atoms. The van der Waals surface area contributed by atoms with Gasteiger partial charge in [0.25, 0.3) is 5.91 Å². The molecule has 21 heavy (non-hydrogen) atoms. The van der Waals surface area contributed by atoms with Crippen LogP contribution in [0.1, 0.15) is 15.2 Å². The number of nitrogens with one attached hydrogen (secondary N) is 1. The molecule has 1 atom stereocenters. The number of carbonyl (C=O) groups excluding carboxylic acids is 1. The molecule has 0 spiro atoms. The molecule has 1 amide bonds. The van der Waals surface area contributed by atoms with Crippen LogP contribution >= 0.6 is 11.3 Å². The van der Waals surface area contributed by atoms with E-state index in [9.17, 15) is 9.90 Å². The molecule has 2 heterocycles. The van der Waals surface area contributed by atoms with Gasteiger partial charge in [0.05, 0.1) is 18.2 Å². The van der Waals surface area contributed by atoms with Gasteiger partial charge in [-0.1, -0.05) is 0 Å². The van der Waals surface area contributed by atoms with E-state index in [0.717, 1.165) is 4.88 Å². The highest BCUT2D eigenvalue weighted by atomic mass is 32.1. The maximum Gasteiger partial charge on any atom is 0.251 e. The Kier molecular flexibility index (Phi) is 4.03. The molecule has 1 aliphatic rings. The molecule has 1 aromatic heterocycles. The SMILES string of the molecule is O=C(NC(CO)Cc1cncs1)c1ccc2c(c1)OCO2. The summed E-state index contributed by atoms with van der Waals surface area (Å²) in [4.78, 5) is 17.2. The number of benzene rings is 1. The minimum Gasteiger partial charge on any atom is -0.454 e. The first-order chi connectivity index (χ1) is 10.3. The molecule has 1 aromatic carbocycles. The van der Waals surface area contributed by atoms with Crippen molar-refractivity contribution in [3.05, 3.63) is 40.3 Å². The number of fused-ring (bicyclic) bond motifs is 1. The van der Waals surface area contributed by atoms with Gasteiger partial charge in [0.15, 0.2) is 11.5 Å². The Bertz CT molecular complexity index is 630. The van der Waals surface area contributed by atoms with Gasteiger partial charge in [-0.2, -0.15) is 0 Å². The molecule has 0 radical (unpaired) electrons. The molecule has 0 saturated heterocycles. The zero-order valence-corrected chi connectivity index (χ0v) is 11.9. The number of aliphatic hydroxyl groups is 1. The molecule has 110 valence electrons. The predicted molar refractivity (Wildman–Crippen MR) is 76.7 cm³/mol. The van der Waals surface area contributed by atoms with E-state index in [4.69, 9.17) is 9.47 Å². The topological polar surface area (TPSA) is 80.7 Å². The monoisotopic (exact) mass is 306 g/mol. The van der Waals surface area contributed by atoms with Gasteiger partial charge in [-0.15, -0.1) is 11.3 Å². The van der Waals surface area contributed by atoms with Crippen LogP contribution in [-0.2, 0) is 6.42 Å².